The molecular formula is C16H17N3O3S. The second-order valence-corrected chi connectivity index (χ2v) is 6.33. The van der Waals surface area contributed by atoms with Crippen molar-refractivity contribution < 1.29 is 14.0 Å². The van der Waals surface area contributed by atoms with E-state index >= 15 is 0 Å². The SMILES string of the molecule is C=CCCC(=O)N1CCc2nc(NC(=O)c3ccoc3)sc2C1. The van der Waals surface area contributed by atoms with Gasteiger partial charge in [0.05, 0.1) is 24.1 Å². The molecule has 0 bridgehead atoms. The van der Waals surface area contributed by atoms with Crippen LogP contribution in [0.25, 0.3) is 0 Å². The molecule has 3 rings (SSSR count). The average molecular weight is 331 g/mol. The molecule has 0 aromatic carbocycles. The molecule has 0 unspecified atom stereocenters. The van der Waals surface area contributed by atoms with Gasteiger partial charge in [-0.3, -0.25) is 14.9 Å². The number of allylic oxidation sites excluding steroid dienone is 1. The quantitative estimate of drug-likeness (QED) is 0.855. The highest BCUT2D eigenvalue weighted by molar-refractivity contribution is 7.15. The Kier molecular flexibility index (Phi) is 4.57. The van der Waals surface area contributed by atoms with Gasteiger partial charge in [0, 0.05) is 24.3 Å². The van der Waals surface area contributed by atoms with Gasteiger partial charge in [-0.15, -0.1) is 6.58 Å². The molecule has 6 nitrogen and oxygen atoms in total. The zero-order valence-electron chi connectivity index (χ0n) is 12.6. The number of thiazole rings is 1. The van der Waals surface area contributed by atoms with Crippen molar-refractivity contribution in [3.63, 3.8) is 0 Å². The first-order valence-electron chi connectivity index (χ1n) is 7.38. The second-order valence-electron chi connectivity index (χ2n) is 5.25. The molecule has 2 aromatic heterocycles. The lowest BCUT2D eigenvalue weighted by Gasteiger charge is -2.25. The molecule has 0 saturated carbocycles. The van der Waals surface area contributed by atoms with Gasteiger partial charge in [0.2, 0.25) is 5.91 Å². The highest BCUT2D eigenvalue weighted by Crippen LogP contribution is 2.29. The minimum atomic E-state index is -0.247. The number of hydrogen-bond acceptors (Lipinski definition) is 5. The zero-order valence-corrected chi connectivity index (χ0v) is 13.4. The average Bonchev–Trinajstić information content (AvgIpc) is 3.20. The van der Waals surface area contributed by atoms with Crippen LogP contribution in [0.3, 0.4) is 0 Å². The maximum Gasteiger partial charge on any atom is 0.260 e. The Morgan fingerprint density at radius 2 is 2.39 bits per heavy atom. The Hall–Kier alpha value is -2.41. The van der Waals surface area contributed by atoms with E-state index in [1.165, 1.54) is 23.9 Å². The largest absolute Gasteiger partial charge is 0.472 e. The summed E-state index contributed by atoms with van der Waals surface area (Å²) in [6.45, 7) is 4.87. The van der Waals surface area contributed by atoms with Crippen molar-refractivity contribution in [2.75, 3.05) is 11.9 Å². The first-order valence-corrected chi connectivity index (χ1v) is 8.20. The summed E-state index contributed by atoms with van der Waals surface area (Å²) in [6, 6.07) is 1.60. The van der Waals surface area contributed by atoms with Crippen LogP contribution >= 0.6 is 11.3 Å². The van der Waals surface area contributed by atoms with Gasteiger partial charge in [0.1, 0.15) is 6.26 Å². The summed E-state index contributed by atoms with van der Waals surface area (Å²) in [5.74, 6) is -0.114. The zero-order chi connectivity index (χ0) is 16.2. The number of nitrogens with one attached hydrogen (secondary N) is 1. The van der Waals surface area contributed by atoms with Gasteiger partial charge in [-0.2, -0.15) is 0 Å². The molecular weight excluding hydrogens is 314 g/mol. The number of carbonyl (C=O) groups excluding carboxylic acids is 2. The molecule has 2 aromatic rings. The molecule has 23 heavy (non-hydrogen) atoms. The highest BCUT2D eigenvalue weighted by atomic mass is 32.1. The van der Waals surface area contributed by atoms with Crippen LogP contribution in [-0.4, -0.2) is 28.2 Å². The first-order chi connectivity index (χ1) is 11.2. The van der Waals surface area contributed by atoms with E-state index in [0.29, 0.717) is 43.0 Å². The number of aromatic nitrogens is 1. The summed E-state index contributed by atoms with van der Waals surface area (Å²) in [5.41, 5.74) is 1.42. The molecule has 1 aliphatic rings. The number of rotatable bonds is 5. The van der Waals surface area contributed by atoms with E-state index in [-0.39, 0.29) is 11.8 Å². The number of furan rings is 1. The third-order valence-corrected chi connectivity index (χ3v) is 4.65. The van der Waals surface area contributed by atoms with Crippen LogP contribution in [0, 0.1) is 0 Å². The molecule has 7 heteroatoms. The fourth-order valence-electron chi connectivity index (χ4n) is 2.41. The molecule has 0 radical (unpaired) electrons. The van der Waals surface area contributed by atoms with Crippen LogP contribution in [0.4, 0.5) is 5.13 Å². The minimum Gasteiger partial charge on any atom is -0.472 e. The van der Waals surface area contributed by atoms with Crippen molar-refractivity contribution in [3.8, 4) is 0 Å². The maximum absolute atomic E-state index is 12.1. The lowest BCUT2D eigenvalue weighted by molar-refractivity contribution is -0.132. The topological polar surface area (TPSA) is 75.4 Å². The van der Waals surface area contributed by atoms with Gasteiger partial charge >= 0.3 is 0 Å². The number of fused-ring (bicyclic) bond motifs is 1. The Bertz CT molecular complexity index is 721. The minimum absolute atomic E-state index is 0.132. The van der Waals surface area contributed by atoms with Gasteiger partial charge < -0.3 is 9.32 Å². The standard InChI is InChI=1S/C16H17N3O3S/c1-2-3-4-14(20)19-7-5-12-13(9-19)23-16(17-12)18-15(21)11-6-8-22-10-11/h2,6,8,10H,1,3-5,7,9H2,(H,17,18,21). The number of hydrogen-bond donors (Lipinski definition) is 1. The lowest BCUT2D eigenvalue weighted by Crippen LogP contribution is -2.35. The van der Waals surface area contributed by atoms with E-state index < -0.39 is 0 Å². The van der Waals surface area contributed by atoms with Crippen LogP contribution < -0.4 is 5.32 Å². The molecule has 120 valence electrons. The Labute approximate surface area is 137 Å². The van der Waals surface area contributed by atoms with Crippen molar-refractivity contribution in [2.24, 2.45) is 0 Å². The number of carbonyl (C=O) groups is 2. The van der Waals surface area contributed by atoms with Gasteiger partial charge in [0.15, 0.2) is 5.13 Å². The number of amides is 2. The van der Waals surface area contributed by atoms with Crippen LogP contribution in [0.5, 0.6) is 0 Å². The molecule has 0 atom stereocenters. The number of anilines is 1. The van der Waals surface area contributed by atoms with E-state index in [0.717, 1.165) is 10.6 Å². The van der Waals surface area contributed by atoms with Crippen molar-refractivity contribution in [2.45, 2.75) is 25.8 Å². The van der Waals surface area contributed by atoms with Crippen molar-refractivity contribution in [1.29, 1.82) is 0 Å². The third-order valence-electron chi connectivity index (χ3n) is 3.65. The Morgan fingerprint density at radius 3 is 3.13 bits per heavy atom. The monoisotopic (exact) mass is 331 g/mol. The summed E-state index contributed by atoms with van der Waals surface area (Å²) in [7, 11) is 0. The predicted octanol–water partition coefficient (Wildman–Crippen LogP) is 2.84. The van der Waals surface area contributed by atoms with E-state index in [1.54, 1.807) is 12.1 Å². The van der Waals surface area contributed by atoms with Crippen molar-refractivity contribution in [3.05, 3.63) is 47.4 Å². The van der Waals surface area contributed by atoms with Crippen LogP contribution in [-0.2, 0) is 17.8 Å². The van der Waals surface area contributed by atoms with E-state index in [2.05, 4.69) is 16.9 Å². The van der Waals surface area contributed by atoms with Crippen LogP contribution in [0.1, 0.15) is 33.8 Å². The molecule has 0 fully saturated rings. The first kappa shape index (κ1) is 15.5. The molecule has 3 heterocycles. The summed E-state index contributed by atoms with van der Waals surface area (Å²) in [5, 5.41) is 3.33. The van der Waals surface area contributed by atoms with Gasteiger partial charge in [-0.1, -0.05) is 17.4 Å². The summed E-state index contributed by atoms with van der Waals surface area (Å²) >= 11 is 1.42. The van der Waals surface area contributed by atoms with E-state index in [9.17, 15) is 9.59 Å². The van der Waals surface area contributed by atoms with Crippen LogP contribution in [0.2, 0.25) is 0 Å². The molecule has 0 spiro atoms. The molecule has 0 aliphatic carbocycles. The molecule has 1 aliphatic heterocycles. The highest BCUT2D eigenvalue weighted by Gasteiger charge is 2.24. The predicted molar refractivity (Wildman–Crippen MR) is 87.3 cm³/mol. The fraction of sp³-hybridized carbons (Fsp3) is 0.312. The summed E-state index contributed by atoms with van der Waals surface area (Å²) in [6.07, 6.45) is 6.49. The molecule has 1 N–H and O–H groups in total. The van der Waals surface area contributed by atoms with Gasteiger partial charge in [-0.05, 0) is 12.5 Å². The molecule has 2 amide bonds. The number of nitrogens with zero attached hydrogens (tertiary/aromatic N) is 2. The third kappa shape index (κ3) is 3.50. The van der Waals surface area contributed by atoms with Crippen molar-refractivity contribution in [1.82, 2.24) is 9.88 Å². The summed E-state index contributed by atoms with van der Waals surface area (Å²) < 4.78 is 4.90. The van der Waals surface area contributed by atoms with Gasteiger partial charge in [-0.25, -0.2) is 4.98 Å². The Balaban J connectivity index is 1.65. The Morgan fingerprint density at radius 1 is 1.52 bits per heavy atom. The van der Waals surface area contributed by atoms with Crippen LogP contribution in [0.15, 0.2) is 35.7 Å². The van der Waals surface area contributed by atoms with E-state index in [4.69, 9.17) is 4.42 Å². The maximum atomic E-state index is 12.1. The smallest absolute Gasteiger partial charge is 0.260 e. The van der Waals surface area contributed by atoms with Crippen molar-refractivity contribution >= 4 is 28.3 Å². The summed E-state index contributed by atoms with van der Waals surface area (Å²) in [4.78, 5) is 31.4. The fourth-order valence-corrected chi connectivity index (χ4v) is 3.43. The normalized spacial score (nSPS) is 13.5. The molecule has 0 saturated heterocycles. The van der Waals surface area contributed by atoms with E-state index in [1.807, 2.05) is 4.90 Å². The van der Waals surface area contributed by atoms with Gasteiger partial charge in [0.25, 0.3) is 5.91 Å². The lowest BCUT2D eigenvalue weighted by atomic mass is 10.1. The second kappa shape index (κ2) is 6.78.